The van der Waals surface area contributed by atoms with Gasteiger partial charge in [-0.2, -0.15) is 0 Å². The zero-order valence-electron chi connectivity index (χ0n) is 17.7. The van der Waals surface area contributed by atoms with Crippen LogP contribution in [0.4, 0.5) is 0 Å². The van der Waals surface area contributed by atoms with E-state index in [2.05, 4.69) is 20.8 Å². The highest BCUT2D eigenvalue weighted by atomic mass is 17.1. The van der Waals surface area contributed by atoms with Gasteiger partial charge in [0, 0.05) is 18.8 Å². The Hall–Kier alpha value is -0.950. The first kappa shape index (κ1) is 25.1. The number of unbranched alkanes of at least 4 members (excludes halogenated alkanes) is 4. The number of carbonyl (C=O) groups is 1. The molecule has 6 nitrogen and oxygen atoms in total. The van der Waals surface area contributed by atoms with E-state index in [0.29, 0.717) is 12.8 Å². The van der Waals surface area contributed by atoms with Crippen LogP contribution < -0.4 is 0 Å². The number of carboxylic acids is 1. The molecule has 0 aliphatic heterocycles. The molecule has 1 saturated carbocycles. The van der Waals surface area contributed by atoms with E-state index in [9.17, 15) is 20.3 Å². The first-order chi connectivity index (χ1) is 13.2. The van der Waals surface area contributed by atoms with E-state index in [4.69, 9.17) is 9.99 Å². The topological polar surface area (TPSA) is 107 Å². The van der Waals surface area contributed by atoms with Crippen LogP contribution in [0.25, 0.3) is 0 Å². The standard InChI is InChI=1S/C22H40O6/c1-4-5-14-22(2,3)20(28-27)13-12-17-16(18(23)15-19(17)24)10-8-6-7-9-11-21(25)26/h12-13,16-20,23-24,27H,4-11,14-15H2,1-3H3,(H,25,26)/t16-,17-,18+,19-,20?/m1/s1. The Balaban J connectivity index is 2.61. The second-order valence-corrected chi connectivity index (χ2v) is 8.96. The molecule has 0 aromatic rings. The van der Waals surface area contributed by atoms with Crippen LogP contribution in [0.15, 0.2) is 12.2 Å². The number of aliphatic carboxylic acids is 1. The summed E-state index contributed by atoms with van der Waals surface area (Å²) < 4.78 is 0. The second kappa shape index (κ2) is 12.6. The largest absolute Gasteiger partial charge is 0.481 e. The highest BCUT2D eigenvalue weighted by Crippen LogP contribution is 2.38. The van der Waals surface area contributed by atoms with Crippen LogP contribution in [0.5, 0.6) is 0 Å². The molecule has 0 aromatic carbocycles. The summed E-state index contributed by atoms with van der Waals surface area (Å²) in [4.78, 5) is 15.3. The summed E-state index contributed by atoms with van der Waals surface area (Å²) in [7, 11) is 0. The van der Waals surface area contributed by atoms with E-state index in [0.717, 1.165) is 44.9 Å². The van der Waals surface area contributed by atoms with Gasteiger partial charge < -0.3 is 15.3 Å². The SMILES string of the molecule is CCCCC(C)(C)C(C=C[C@@H]1[C@@H](CCCCCCC(=O)O)[C@@H](O)C[C@H]1O)OO. The van der Waals surface area contributed by atoms with E-state index in [1.165, 1.54) is 0 Å². The van der Waals surface area contributed by atoms with Crippen molar-refractivity contribution >= 4 is 5.97 Å². The molecule has 0 heterocycles. The lowest BCUT2D eigenvalue weighted by molar-refractivity contribution is -0.287. The molecule has 1 unspecified atom stereocenters. The van der Waals surface area contributed by atoms with Gasteiger partial charge in [-0.3, -0.25) is 10.1 Å². The number of aliphatic hydroxyl groups excluding tert-OH is 2. The molecule has 4 N–H and O–H groups in total. The molecule has 164 valence electrons. The van der Waals surface area contributed by atoms with Gasteiger partial charge in [0.2, 0.25) is 0 Å². The lowest BCUT2D eigenvalue weighted by Crippen LogP contribution is -2.30. The van der Waals surface area contributed by atoms with Crippen molar-refractivity contribution < 1.29 is 30.3 Å². The molecule has 0 amide bonds. The Morgan fingerprint density at radius 2 is 1.82 bits per heavy atom. The summed E-state index contributed by atoms with van der Waals surface area (Å²) in [6.45, 7) is 6.24. The number of hydrogen-bond acceptors (Lipinski definition) is 5. The molecule has 0 bridgehead atoms. The van der Waals surface area contributed by atoms with E-state index in [1.807, 2.05) is 12.2 Å². The third-order valence-electron chi connectivity index (χ3n) is 6.16. The molecular weight excluding hydrogens is 360 g/mol. The third-order valence-corrected chi connectivity index (χ3v) is 6.16. The lowest BCUT2D eigenvalue weighted by Gasteiger charge is -2.30. The maximum Gasteiger partial charge on any atom is 0.303 e. The van der Waals surface area contributed by atoms with Crippen molar-refractivity contribution in [2.75, 3.05) is 0 Å². The second-order valence-electron chi connectivity index (χ2n) is 8.96. The van der Waals surface area contributed by atoms with Gasteiger partial charge in [-0.1, -0.05) is 65.0 Å². The fourth-order valence-corrected chi connectivity index (χ4v) is 4.23. The molecule has 1 rings (SSSR count). The van der Waals surface area contributed by atoms with Crippen molar-refractivity contribution in [1.82, 2.24) is 0 Å². The molecule has 0 aromatic heterocycles. The molecule has 0 spiro atoms. The van der Waals surface area contributed by atoms with Gasteiger partial charge in [-0.25, -0.2) is 4.89 Å². The maximum atomic E-state index is 10.5. The fraction of sp³-hybridized carbons (Fsp3) is 0.864. The molecule has 0 radical (unpaired) electrons. The highest BCUT2D eigenvalue weighted by Gasteiger charge is 2.40. The molecular formula is C22H40O6. The van der Waals surface area contributed by atoms with Crippen LogP contribution in [0.2, 0.25) is 0 Å². The summed E-state index contributed by atoms with van der Waals surface area (Å²) in [6, 6.07) is 0. The number of carboxylic acid groups (broad SMARTS) is 1. The number of aliphatic hydroxyl groups is 2. The normalized spacial score (nSPS) is 26.8. The maximum absolute atomic E-state index is 10.5. The van der Waals surface area contributed by atoms with Crippen molar-refractivity contribution in [1.29, 1.82) is 0 Å². The van der Waals surface area contributed by atoms with Crippen LogP contribution in [0.1, 0.15) is 85.0 Å². The van der Waals surface area contributed by atoms with Gasteiger partial charge in [0.15, 0.2) is 0 Å². The summed E-state index contributed by atoms with van der Waals surface area (Å²) in [6.07, 6.45) is 9.94. The van der Waals surface area contributed by atoms with Gasteiger partial charge in [0.25, 0.3) is 0 Å². The minimum atomic E-state index is -0.762. The Labute approximate surface area is 169 Å². The van der Waals surface area contributed by atoms with Crippen LogP contribution in [-0.4, -0.2) is 44.9 Å². The van der Waals surface area contributed by atoms with E-state index in [1.54, 1.807) is 0 Å². The molecule has 1 aliphatic rings. The average Bonchev–Trinajstić information content (AvgIpc) is 2.89. The van der Waals surface area contributed by atoms with Gasteiger partial charge in [-0.05, 0) is 30.6 Å². The summed E-state index contributed by atoms with van der Waals surface area (Å²) in [5, 5.41) is 38.8. The van der Waals surface area contributed by atoms with Gasteiger partial charge >= 0.3 is 5.97 Å². The molecule has 28 heavy (non-hydrogen) atoms. The fourth-order valence-electron chi connectivity index (χ4n) is 4.23. The van der Waals surface area contributed by atoms with Crippen molar-refractivity contribution in [2.45, 2.75) is 103 Å². The predicted octanol–water partition coefficient (Wildman–Crippen LogP) is 4.40. The van der Waals surface area contributed by atoms with Crippen LogP contribution in [-0.2, 0) is 9.68 Å². The van der Waals surface area contributed by atoms with Gasteiger partial charge in [-0.15, -0.1) is 0 Å². The molecule has 5 atom stereocenters. The average molecular weight is 401 g/mol. The minimum absolute atomic E-state index is 0.0242. The van der Waals surface area contributed by atoms with Gasteiger partial charge in [0.05, 0.1) is 12.2 Å². The Kier molecular flexibility index (Phi) is 11.3. The Morgan fingerprint density at radius 3 is 2.43 bits per heavy atom. The van der Waals surface area contributed by atoms with E-state index < -0.39 is 24.3 Å². The molecule has 6 heteroatoms. The van der Waals surface area contributed by atoms with Crippen LogP contribution >= 0.6 is 0 Å². The summed E-state index contributed by atoms with van der Waals surface area (Å²) in [5.41, 5.74) is -0.219. The van der Waals surface area contributed by atoms with Gasteiger partial charge in [0.1, 0.15) is 6.10 Å². The minimum Gasteiger partial charge on any atom is -0.481 e. The molecule has 0 saturated heterocycles. The highest BCUT2D eigenvalue weighted by molar-refractivity contribution is 5.66. The number of hydrogen-bond donors (Lipinski definition) is 4. The van der Waals surface area contributed by atoms with E-state index >= 15 is 0 Å². The summed E-state index contributed by atoms with van der Waals surface area (Å²) in [5.74, 6) is -0.945. The quantitative estimate of drug-likeness (QED) is 0.149. The zero-order chi connectivity index (χ0) is 21.2. The smallest absolute Gasteiger partial charge is 0.303 e. The van der Waals surface area contributed by atoms with Crippen molar-refractivity contribution in [3.05, 3.63) is 12.2 Å². The molecule has 1 fully saturated rings. The first-order valence-electron chi connectivity index (χ1n) is 10.8. The van der Waals surface area contributed by atoms with E-state index in [-0.39, 0.29) is 23.7 Å². The van der Waals surface area contributed by atoms with Crippen molar-refractivity contribution in [3.8, 4) is 0 Å². The predicted molar refractivity (Wildman–Crippen MR) is 109 cm³/mol. The van der Waals surface area contributed by atoms with Crippen LogP contribution in [0, 0.1) is 17.3 Å². The van der Waals surface area contributed by atoms with Crippen LogP contribution in [0.3, 0.4) is 0 Å². The first-order valence-corrected chi connectivity index (χ1v) is 10.8. The Morgan fingerprint density at radius 1 is 1.14 bits per heavy atom. The lowest BCUT2D eigenvalue weighted by atomic mass is 9.80. The zero-order valence-corrected chi connectivity index (χ0v) is 17.7. The monoisotopic (exact) mass is 400 g/mol. The number of rotatable bonds is 14. The Bertz CT molecular complexity index is 476. The summed E-state index contributed by atoms with van der Waals surface area (Å²) >= 11 is 0. The third kappa shape index (κ3) is 8.19. The van der Waals surface area contributed by atoms with Crippen molar-refractivity contribution in [3.63, 3.8) is 0 Å². The molecule has 1 aliphatic carbocycles. The van der Waals surface area contributed by atoms with Crippen molar-refractivity contribution in [2.24, 2.45) is 17.3 Å².